The Morgan fingerprint density at radius 1 is 1.26 bits per heavy atom. The first-order valence-corrected chi connectivity index (χ1v) is 12.8. The van der Waals surface area contributed by atoms with Gasteiger partial charge in [-0.05, 0) is 40.5 Å². The molecule has 1 aliphatic heterocycles. The average molecular weight is 512 g/mol. The van der Waals surface area contributed by atoms with Crippen LogP contribution in [-0.4, -0.2) is 66.0 Å². The highest BCUT2D eigenvalue weighted by atomic mass is 35.5. The van der Waals surface area contributed by atoms with Crippen molar-refractivity contribution in [2.24, 2.45) is 5.92 Å². The molecule has 196 valence electrons. The number of aryl methyl sites for hydroxylation is 1. The SMILES string of the molecule is CCn1c(CNC(=O)OC(C)(C)C)[n+](CC2CCOCC2)c2cc(Cl)c(N(CCO)CCO)cc21. The quantitative estimate of drug-likeness (QED) is 0.424. The Balaban J connectivity index is 2.06. The summed E-state index contributed by atoms with van der Waals surface area (Å²) in [5, 5.41) is 22.5. The van der Waals surface area contributed by atoms with Crippen molar-refractivity contribution < 1.29 is 29.0 Å². The number of anilines is 1. The van der Waals surface area contributed by atoms with Crippen LogP contribution in [0.2, 0.25) is 5.02 Å². The fourth-order valence-corrected chi connectivity index (χ4v) is 4.91. The minimum atomic E-state index is -0.578. The van der Waals surface area contributed by atoms with Crippen molar-refractivity contribution in [1.29, 1.82) is 0 Å². The Bertz CT molecular complexity index is 992. The summed E-state index contributed by atoms with van der Waals surface area (Å²) >= 11 is 6.75. The van der Waals surface area contributed by atoms with Gasteiger partial charge in [-0.2, -0.15) is 0 Å². The van der Waals surface area contributed by atoms with E-state index < -0.39 is 11.7 Å². The van der Waals surface area contributed by atoms with E-state index in [1.807, 2.05) is 37.8 Å². The van der Waals surface area contributed by atoms with Gasteiger partial charge in [-0.1, -0.05) is 11.6 Å². The first-order chi connectivity index (χ1) is 16.7. The number of benzene rings is 1. The molecule has 0 bridgehead atoms. The molecule has 0 aliphatic carbocycles. The van der Waals surface area contributed by atoms with E-state index in [0.717, 1.165) is 55.1 Å². The molecule has 0 radical (unpaired) electrons. The van der Waals surface area contributed by atoms with Crippen molar-refractivity contribution in [3.8, 4) is 0 Å². The highest BCUT2D eigenvalue weighted by molar-refractivity contribution is 6.34. The molecule has 0 spiro atoms. The van der Waals surface area contributed by atoms with Gasteiger partial charge in [0.2, 0.25) is 0 Å². The van der Waals surface area contributed by atoms with Crippen molar-refractivity contribution in [2.45, 2.75) is 65.8 Å². The number of alkyl carbamates (subject to hydrolysis) is 1. The number of carbonyl (C=O) groups excluding carboxylic acids is 1. The topological polar surface area (TPSA) is 100 Å². The van der Waals surface area contributed by atoms with Crippen LogP contribution in [0, 0.1) is 5.92 Å². The third-order valence-electron chi connectivity index (χ3n) is 6.22. The first kappa shape index (κ1) is 27.5. The van der Waals surface area contributed by atoms with E-state index in [1.54, 1.807) is 0 Å². The fourth-order valence-electron chi connectivity index (χ4n) is 4.63. The molecule has 1 amide bonds. The molecule has 3 rings (SSSR count). The maximum Gasteiger partial charge on any atom is 0.408 e. The van der Waals surface area contributed by atoms with Crippen molar-refractivity contribution >= 4 is 34.4 Å². The van der Waals surface area contributed by atoms with E-state index in [1.165, 1.54) is 0 Å². The second-order valence-electron chi connectivity index (χ2n) is 9.91. The number of hydrogen-bond acceptors (Lipinski definition) is 6. The summed E-state index contributed by atoms with van der Waals surface area (Å²) in [5.74, 6) is 1.42. The minimum Gasteiger partial charge on any atom is -0.444 e. The normalized spacial score (nSPS) is 14.9. The maximum absolute atomic E-state index is 12.4. The number of nitrogens with one attached hydrogen (secondary N) is 1. The lowest BCUT2D eigenvalue weighted by Crippen LogP contribution is -2.45. The summed E-state index contributed by atoms with van der Waals surface area (Å²) in [7, 11) is 0. The van der Waals surface area contributed by atoms with Crippen molar-refractivity contribution in [1.82, 2.24) is 9.88 Å². The summed E-state index contributed by atoms with van der Waals surface area (Å²) in [6, 6.07) is 3.97. The Kier molecular flexibility index (Phi) is 9.63. The van der Waals surface area contributed by atoms with Gasteiger partial charge < -0.3 is 29.9 Å². The lowest BCUT2D eigenvalue weighted by Gasteiger charge is -2.24. The van der Waals surface area contributed by atoms with Crippen LogP contribution in [0.5, 0.6) is 0 Å². The van der Waals surface area contributed by atoms with E-state index in [2.05, 4.69) is 21.4 Å². The summed E-state index contributed by atoms with van der Waals surface area (Å²) in [6.07, 6.45) is 1.51. The van der Waals surface area contributed by atoms with Crippen LogP contribution in [0.1, 0.15) is 46.4 Å². The van der Waals surface area contributed by atoms with E-state index in [-0.39, 0.29) is 13.2 Å². The number of fused-ring (bicyclic) bond motifs is 1. The van der Waals surface area contributed by atoms with Gasteiger partial charge in [-0.3, -0.25) is 0 Å². The van der Waals surface area contributed by atoms with Crippen LogP contribution >= 0.6 is 11.6 Å². The molecule has 0 unspecified atom stereocenters. The number of hydrogen-bond donors (Lipinski definition) is 3. The van der Waals surface area contributed by atoms with E-state index >= 15 is 0 Å². The van der Waals surface area contributed by atoms with Gasteiger partial charge in [-0.25, -0.2) is 13.9 Å². The number of aliphatic hydroxyl groups excluding tert-OH is 2. The van der Waals surface area contributed by atoms with Gasteiger partial charge in [0, 0.05) is 44.4 Å². The fraction of sp³-hybridized carbons (Fsp3) is 0.680. The van der Waals surface area contributed by atoms with Crippen LogP contribution < -0.4 is 14.8 Å². The molecule has 1 aromatic carbocycles. The predicted molar refractivity (Wildman–Crippen MR) is 136 cm³/mol. The summed E-state index contributed by atoms with van der Waals surface area (Å²) in [5.41, 5.74) is 2.16. The first-order valence-electron chi connectivity index (χ1n) is 12.4. The molecule has 35 heavy (non-hydrogen) atoms. The summed E-state index contributed by atoms with van der Waals surface area (Å²) in [4.78, 5) is 14.3. The monoisotopic (exact) mass is 511 g/mol. The number of nitrogens with zero attached hydrogens (tertiary/aromatic N) is 3. The number of aromatic nitrogens is 2. The highest BCUT2D eigenvalue weighted by Gasteiger charge is 2.30. The van der Waals surface area contributed by atoms with Gasteiger partial charge in [0.25, 0.3) is 5.82 Å². The number of rotatable bonds is 10. The Labute approximate surface area is 212 Å². The lowest BCUT2D eigenvalue weighted by atomic mass is 10.0. The molecule has 0 atom stereocenters. The summed E-state index contributed by atoms with van der Waals surface area (Å²) in [6.45, 7) is 11.6. The predicted octanol–water partition coefficient (Wildman–Crippen LogP) is 2.84. The second kappa shape index (κ2) is 12.3. The number of ether oxygens (including phenoxy) is 2. The zero-order valence-corrected chi connectivity index (χ0v) is 22.1. The Hall–Kier alpha value is -2.07. The molecule has 9 nitrogen and oxygen atoms in total. The van der Waals surface area contributed by atoms with Crippen molar-refractivity contribution in [2.75, 3.05) is 44.4 Å². The van der Waals surface area contributed by atoms with Gasteiger partial charge in [-0.15, -0.1) is 0 Å². The average Bonchev–Trinajstić information content (AvgIpc) is 3.08. The Morgan fingerprint density at radius 2 is 1.91 bits per heavy atom. The lowest BCUT2D eigenvalue weighted by molar-refractivity contribution is -0.687. The molecule has 1 fully saturated rings. The number of imidazole rings is 1. The van der Waals surface area contributed by atoms with Crippen LogP contribution in [0.25, 0.3) is 11.0 Å². The molecule has 2 aromatic rings. The number of carbonyl (C=O) groups is 1. The minimum absolute atomic E-state index is 0.0437. The second-order valence-corrected chi connectivity index (χ2v) is 10.3. The van der Waals surface area contributed by atoms with Crippen LogP contribution in [-0.2, 0) is 29.1 Å². The van der Waals surface area contributed by atoms with E-state index in [0.29, 0.717) is 37.1 Å². The molecule has 0 saturated carbocycles. The highest BCUT2D eigenvalue weighted by Crippen LogP contribution is 2.31. The van der Waals surface area contributed by atoms with Gasteiger partial charge in [0.05, 0.1) is 37.0 Å². The molecular weight excluding hydrogens is 472 g/mol. The van der Waals surface area contributed by atoms with Gasteiger partial charge >= 0.3 is 6.09 Å². The molecule has 1 aliphatic rings. The number of amides is 1. The van der Waals surface area contributed by atoms with E-state index in [4.69, 9.17) is 21.1 Å². The standard InChI is InChI=1S/C25H39ClN4O5/c1-5-29-22-15-20(28(8-10-31)9-11-32)19(26)14-21(22)30(17-18-6-12-34-13-7-18)23(29)16-27-24(33)35-25(2,3)4/h14-15,18,31-32H,5-13,16-17H2,1-4H3/p+1. The summed E-state index contributed by atoms with van der Waals surface area (Å²) < 4.78 is 15.5. The molecule has 1 aromatic heterocycles. The number of halogens is 1. The maximum atomic E-state index is 12.4. The van der Waals surface area contributed by atoms with Gasteiger partial charge in [0.15, 0.2) is 11.0 Å². The third kappa shape index (κ3) is 7.00. The molecule has 3 N–H and O–H groups in total. The zero-order valence-electron chi connectivity index (χ0n) is 21.3. The molecule has 1 saturated heterocycles. The van der Waals surface area contributed by atoms with Gasteiger partial charge in [0.1, 0.15) is 12.1 Å². The molecule has 2 heterocycles. The van der Waals surface area contributed by atoms with Crippen LogP contribution in [0.4, 0.5) is 10.5 Å². The van der Waals surface area contributed by atoms with E-state index in [9.17, 15) is 15.0 Å². The number of aliphatic hydroxyl groups is 2. The zero-order chi connectivity index (χ0) is 25.6. The van der Waals surface area contributed by atoms with Crippen LogP contribution in [0.3, 0.4) is 0 Å². The molecule has 10 heteroatoms. The van der Waals surface area contributed by atoms with Crippen LogP contribution in [0.15, 0.2) is 12.1 Å². The molecular formula is C25H40ClN4O5+. The van der Waals surface area contributed by atoms with Crippen molar-refractivity contribution in [3.05, 3.63) is 23.0 Å². The smallest absolute Gasteiger partial charge is 0.408 e. The van der Waals surface area contributed by atoms with Crippen molar-refractivity contribution in [3.63, 3.8) is 0 Å². The third-order valence-corrected chi connectivity index (χ3v) is 6.52. The largest absolute Gasteiger partial charge is 0.444 e. The Morgan fingerprint density at radius 3 is 2.49 bits per heavy atom.